The molecule has 2 aliphatic rings. The summed E-state index contributed by atoms with van der Waals surface area (Å²) in [7, 11) is 3.34. The molecule has 2 aromatic rings. The lowest BCUT2D eigenvalue weighted by Gasteiger charge is -2.31. The Morgan fingerprint density at radius 2 is 2.14 bits per heavy atom. The third-order valence-electron chi connectivity index (χ3n) is 5.44. The van der Waals surface area contributed by atoms with Gasteiger partial charge >= 0.3 is 6.03 Å². The van der Waals surface area contributed by atoms with Crippen molar-refractivity contribution in [3.05, 3.63) is 17.7 Å². The molecular formula is C20H27N3O5S. The number of fused-ring (bicyclic) bond motifs is 1. The second kappa shape index (κ2) is 9.25. The van der Waals surface area contributed by atoms with E-state index >= 15 is 0 Å². The first-order chi connectivity index (χ1) is 14.2. The van der Waals surface area contributed by atoms with Gasteiger partial charge in [0.2, 0.25) is 0 Å². The van der Waals surface area contributed by atoms with E-state index in [1.54, 1.807) is 14.2 Å². The number of urea groups is 1. The van der Waals surface area contributed by atoms with Gasteiger partial charge in [0.1, 0.15) is 17.4 Å². The SMILES string of the molecule is COCC1CCN(C(=O)Nc2nc3c(OC)ccc(C4COCCO4)c3s2)CC1. The first-order valence-corrected chi connectivity index (χ1v) is 10.7. The number of thiazole rings is 1. The summed E-state index contributed by atoms with van der Waals surface area (Å²) in [5, 5.41) is 3.53. The zero-order chi connectivity index (χ0) is 20.2. The van der Waals surface area contributed by atoms with E-state index < -0.39 is 0 Å². The summed E-state index contributed by atoms with van der Waals surface area (Å²) < 4.78 is 23.1. The van der Waals surface area contributed by atoms with Gasteiger partial charge in [0.15, 0.2) is 5.13 Å². The molecule has 2 amide bonds. The molecule has 2 saturated heterocycles. The van der Waals surface area contributed by atoms with Crippen LogP contribution in [0.25, 0.3) is 10.2 Å². The number of piperidine rings is 1. The standard InChI is InChI=1S/C20H27N3O5S/c1-25-11-13-5-7-23(8-6-13)20(24)22-19-21-17-15(26-2)4-3-14(18(17)29-19)16-12-27-9-10-28-16/h3-4,13,16H,5-12H2,1-2H3,(H,21,22,24). The van der Waals surface area contributed by atoms with Crippen molar-refractivity contribution in [2.24, 2.45) is 5.92 Å². The fourth-order valence-electron chi connectivity index (χ4n) is 3.85. The van der Waals surface area contributed by atoms with Crippen LogP contribution < -0.4 is 10.1 Å². The van der Waals surface area contributed by atoms with Gasteiger partial charge in [0.25, 0.3) is 0 Å². The van der Waals surface area contributed by atoms with Crippen LogP contribution in [0.2, 0.25) is 0 Å². The van der Waals surface area contributed by atoms with Gasteiger partial charge in [-0.2, -0.15) is 0 Å². The third kappa shape index (κ3) is 4.48. The lowest BCUT2D eigenvalue weighted by atomic mass is 9.98. The van der Waals surface area contributed by atoms with Crippen molar-refractivity contribution in [1.82, 2.24) is 9.88 Å². The minimum Gasteiger partial charge on any atom is -0.494 e. The van der Waals surface area contributed by atoms with Crippen molar-refractivity contribution in [2.75, 3.05) is 59.1 Å². The molecule has 0 radical (unpaired) electrons. The number of hydrogen-bond acceptors (Lipinski definition) is 7. The highest BCUT2D eigenvalue weighted by Gasteiger charge is 2.25. The Kier molecular flexibility index (Phi) is 6.49. The van der Waals surface area contributed by atoms with E-state index in [1.165, 1.54) is 11.3 Å². The molecule has 29 heavy (non-hydrogen) atoms. The zero-order valence-corrected chi connectivity index (χ0v) is 17.6. The quantitative estimate of drug-likeness (QED) is 0.798. The highest BCUT2D eigenvalue weighted by molar-refractivity contribution is 7.22. The van der Waals surface area contributed by atoms with Crippen LogP contribution in [0.4, 0.5) is 9.93 Å². The number of benzene rings is 1. The van der Waals surface area contributed by atoms with Crippen molar-refractivity contribution in [2.45, 2.75) is 18.9 Å². The maximum absolute atomic E-state index is 12.7. The number of hydrogen-bond donors (Lipinski definition) is 1. The average Bonchev–Trinajstić information content (AvgIpc) is 3.18. The number of nitrogens with one attached hydrogen (secondary N) is 1. The molecule has 1 N–H and O–H groups in total. The summed E-state index contributed by atoms with van der Waals surface area (Å²) in [6.07, 6.45) is 1.77. The number of nitrogens with zero attached hydrogens (tertiary/aromatic N) is 2. The van der Waals surface area contributed by atoms with Gasteiger partial charge in [-0.25, -0.2) is 9.78 Å². The molecule has 9 heteroatoms. The molecule has 2 aliphatic heterocycles. The molecule has 0 saturated carbocycles. The zero-order valence-electron chi connectivity index (χ0n) is 16.8. The number of aromatic nitrogens is 1. The summed E-state index contributed by atoms with van der Waals surface area (Å²) in [6, 6.07) is 3.77. The topological polar surface area (TPSA) is 82.2 Å². The first kappa shape index (κ1) is 20.3. The lowest BCUT2D eigenvalue weighted by molar-refractivity contribution is -0.0895. The number of carbonyl (C=O) groups excluding carboxylic acids is 1. The minimum absolute atomic E-state index is 0.113. The molecule has 1 aromatic heterocycles. The van der Waals surface area contributed by atoms with E-state index in [9.17, 15) is 4.79 Å². The Hall–Kier alpha value is -1.94. The van der Waals surface area contributed by atoms with Gasteiger partial charge in [0, 0.05) is 32.4 Å². The van der Waals surface area contributed by atoms with Crippen LogP contribution in [0.5, 0.6) is 5.75 Å². The second-order valence-electron chi connectivity index (χ2n) is 7.30. The van der Waals surface area contributed by atoms with Crippen LogP contribution >= 0.6 is 11.3 Å². The van der Waals surface area contributed by atoms with Crippen molar-refractivity contribution in [3.63, 3.8) is 0 Å². The Morgan fingerprint density at radius 3 is 2.83 bits per heavy atom. The van der Waals surface area contributed by atoms with Crippen LogP contribution in [0.3, 0.4) is 0 Å². The predicted molar refractivity (Wildman–Crippen MR) is 111 cm³/mol. The first-order valence-electron chi connectivity index (χ1n) is 9.91. The number of rotatable bonds is 5. The molecule has 0 spiro atoms. The normalized spacial score (nSPS) is 20.8. The van der Waals surface area contributed by atoms with E-state index in [1.807, 2.05) is 17.0 Å². The number of ether oxygens (including phenoxy) is 4. The molecule has 0 bridgehead atoms. The molecule has 1 unspecified atom stereocenters. The minimum atomic E-state index is -0.138. The Labute approximate surface area is 174 Å². The summed E-state index contributed by atoms with van der Waals surface area (Å²) in [4.78, 5) is 19.2. The molecule has 2 fully saturated rings. The number of amides is 2. The van der Waals surface area contributed by atoms with Crippen molar-refractivity contribution < 1.29 is 23.7 Å². The van der Waals surface area contributed by atoms with Crippen LogP contribution in [-0.2, 0) is 14.2 Å². The second-order valence-corrected chi connectivity index (χ2v) is 8.30. The summed E-state index contributed by atoms with van der Waals surface area (Å²) in [5.41, 5.74) is 1.75. The molecule has 158 valence electrons. The predicted octanol–water partition coefficient (Wildman–Crippen LogP) is 3.28. The van der Waals surface area contributed by atoms with E-state index in [0.717, 1.165) is 48.3 Å². The maximum Gasteiger partial charge on any atom is 0.323 e. The van der Waals surface area contributed by atoms with Gasteiger partial charge in [-0.05, 0) is 24.8 Å². The average molecular weight is 422 g/mol. The van der Waals surface area contributed by atoms with Crippen molar-refractivity contribution in [1.29, 1.82) is 0 Å². The molecule has 0 aliphatic carbocycles. The smallest absolute Gasteiger partial charge is 0.323 e. The van der Waals surface area contributed by atoms with Crippen LogP contribution in [0.15, 0.2) is 12.1 Å². The van der Waals surface area contributed by atoms with E-state index in [-0.39, 0.29) is 12.1 Å². The van der Waals surface area contributed by atoms with Gasteiger partial charge in [0.05, 0.1) is 31.6 Å². The Morgan fingerprint density at radius 1 is 1.31 bits per heavy atom. The van der Waals surface area contributed by atoms with Crippen LogP contribution in [0, 0.1) is 5.92 Å². The lowest BCUT2D eigenvalue weighted by Crippen LogP contribution is -2.41. The fraction of sp³-hybridized carbons (Fsp3) is 0.600. The Bertz CT molecular complexity index is 844. The largest absolute Gasteiger partial charge is 0.494 e. The number of anilines is 1. The molecule has 8 nitrogen and oxygen atoms in total. The summed E-state index contributed by atoms with van der Waals surface area (Å²) in [5.74, 6) is 1.20. The van der Waals surface area contributed by atoms with Crippen LogP contribution in [0.1, 0.15) is 24.5 Å². The van der Waals surface area contributed by atoms with Crippen molar-refractivity contribution in [3.8, 4) is 5.75 Å². The number of carbonyl (C=O) groups is 1. The van der Waals surface area contributed by atoms with E-state index in [2.05, 4.69) is 10.3 Å². The van der Waals surface area contributed by atoms with Crippen molar-refractivity contribution >= 4 is 32.7 Å². The molecular weight excluding hydrogens is 394 g/mol. The highest BCUT2D eigenvalue weighted by Crippen LogP contribution is 2.39. The van der Waals surface area contributed by atoms with E-state index in [4.69, 9.17) is 18.9 Å². The van der Waals surface area contributed by atoms with Gasteiger partial charge < -0.3 is 23.8 Å². The molecule has 1 aromatic carbocycles. The molecule has 1 atom stereocenters. The number of likely N-dealkylation sites (tertiary alicyclic amines) is 1. The highest BCUT2D eigenvalue weighted by atomic mass is 32.1. The van der Waals surface area contributed by atoms with Crippen LogP contribution in [-0.4, -0.2) is 69.7 Å². The van der Waals surface area contributed by atoms with Gasteiger partial charge in [-0.3, -0.25) is 5.32 Å². The molecule has 3 heterocycles. The third-order valence-corrected chi connectivity index (χ3v) is 6.46. The fourth-order valence-corrected chi connectivity index (χ4v) is 4.88. The molecule has 4 rings (SSSR count). The van der Waals surface area contributed by atoms with Gasteiger partial charge in [-0.1, -0.05) is 17.4 Å². The summed E-state index contributed by atoms with van der Waals surface area (Å²) >= 11 is 1.44. The maximum atomic E-state index is 12.7. The Balaban J connectivity index is 1.51. The summed E-state index contributed by atoms with van der Waals surface area (Å²) in [6.45, 7) is 3.90. The van der Waals surface area contributed by atoms with E-state index in [0.29, 0.717) is 36.6 Å². The van der Waals surface area contributed by atoms with Gasteiger partial charge in [-0.15, -0.1) is 0 Å². The monoisotopic (exact) mass is 421 g/mol. The number of methoxy groups -OCH3 is 2.